The molecule has 132 valence electrons. The van der Waals surface area contributed by atoms with Gasteiger partial charge in [-0.15, -0.1) is 0 Å². The van der Waals surface area contributed by atoms with Crippen molar-refractivity contribution in [1.82, 2.24) is 0 Å². The third-order valence-electron chi connectivity index (χ3n) is 4.05. The second-order valence-electron chi connectivity index (χ2n) is 7.04. The summed E-state index contributed by atoms with van der Waals surface area (Å²) >= 11 is 0. The van der Waals surface area contributed by atoms with Crippen molar-refractivity contribution in [2.24, 2.45) is 10.4 Å². The molecular formula is C20H23NO4. The highest BCUT2D eigenvalue weighted by Crippen LogP contribution is 2.35. The van der Waals surface area contributed by atoms with Gasteiger partial charge in [-0.25, -0.2) is 4.79 Å². The number of nitrogens with zero attached hydrogens (tertiary/aromatic N) is 1. The van der Waals surface area contributed by atoms with Crippen LogP contribution in [0.4, 0.5) is 0 Å². The summed E-state index contributed by atoms with van der Waals surface area (Å²) < 4.78 is 0. The maximum atomic E-state index is 12.5. The molecule has 25 heavy (non-hydrogen) atoms. The number of benzene rings is 1. The van der Waals surface area contributed by atoms with E-state index in [1.807, 2.05) is 44.2 Å². The Balaban J connectivity index is 2.43. The largest absolute Gasteiger partial charge is 0.507 e. The fourth-order valence-corrected chi connectivity index (χ4v) is 2.80. The van der Waals surface area contributed by atoms with Crippen LogP contribution >= 0.6 is 0 Å². The molecule has 1 aromatic carbocycles. The van der Waals surface area contributed by atoms with Crippen LogP contribution in [0.15, 0.2) is 52.7 Å². The van der Waals surface area contributed by atoms with Crippen LogP contribution in [0.3, 0.4) is 0 Å². The molecule has 1 atom stereocenters. The number of aliphatic hydroxyl groups is 1. The standard InChI is InChI=1S/C20H23NO4/c1-13(19(24)25)21-15-11-20(2,3)12-17(23)18(15)16(22)10-9-14-7-5-4-6-8-14/h4-10,13,22H,11-12H2,1-3H3,(H,24,25)/b10-9?,18-16+,21-15?. The molecule has 0 aliphatic heterocycles. The van der Waals surface area contributed by atoms with E-state index in [1.165, 1.54) is 13.0 Å². The molecule has 0 radical (unpaired) electrons. The van der Waals surface area contributed by atoms with E-state index in [4.69, 9.17) is 5.11 Å². The van der Waals surface area contributed by atoms with Gasteiger partial charge in [-0.05, 0) is 30.4 Å². The van der Waals surface area contributed by atoms with Crippen molar-refractivity contribution in [3.63, 3.8) is 0 Å². The lowest BCUT2D eigenvalue weighted by Gasteiger charge is -2.31. The molecule has 0 bridgehead atoms. The maximum Gasteiger partial charge on any atom is 0.328 e. The highest BCUT2D eigenvalue weighted by Gasteiger charge is 2.36. The Bertz CT molecular complexity index is 757. The molecule has 2 rings (SSSR count). The van der Waals surface area contributed by atoms with E-state index in [-0.39, 0.29) is 29.0 Å². The summed E-state index contributed by atoms with van der Waals surface area (Å²) in [5.41, 5.74) is 1.04. The van der Waals surface area contributed by atoms with Gasteiger partial charge in [-0.1, -0.05) is 50.3 Å². The van der Waals surface area contributed by atoms with Gasteiger partial charge in [0.2, 0.25) is 0 Å². The molecule has 0 saturated heterocycles. The Morgan fingerprint density at radius 1 is 1.20 bits per heavy atom. The number of carbonyl (C=O) groups excluding carboxylic acids is 1. The number of hydrogen-bond donors (Lipinski definition) is 2. The first-order valence-corrected chi connectivity index (χ1v) is 8.19. The van der Waals surface area contributed by atoms with Gasteiger partial charge < -0.3 is 10.2 Å². The van der Waals surface area contributed by atoms with Crippen LogP contribution in [-0.4, -0.2) is 33.7 Å². The van der Waals surface area contributed by atoms with Crippen LogP contribution in [0.2, 0.25) is 0 Å². The summed E-state index contributed by atoms with van der Waals surface area (Å²) in [6.45, 7) is 5.31. The summed E-state index contributed by atoms with van der Waals surface area (Å²) in [7, 11) is 0. The molecule has 1 aliphatic rings. The Morgan fingerprint density at radius 2 is 1.84 bits per heavy atom. The van der Waals surface area contributed by atoms with Gasteiger partial charge in [0.1, 0.15) is 11.8 Å². The Kier molecular flexibility index (Phi) is 5.57. The molecule has 5 heteroatoms. The van der Waals surface area contributed by atoms with Crippen LogP contribution in [0, 0.1) is 5.41 Å². The molecule has 0 heterocycles. The number of aliphatic hydroxyl groups excluding tert-OH is 1. The van der Waals surface area contributed by atoms with Crippen molar-refractivity contribution in [3.8, 4) is 0 Å². The zero-order chi connectivity index (χ0) is 18.6. The number of carboxylic acid groups (broad SMARTS) is 1. The number of hydrogen-bond acceptors (Lipinski definition) is 4. The molecule has 0 spiro atoms. The molecule has 1 saturated carbocycles. The number of aliphatic imine (C=N–C) groups is 1. The average molecular weight is 341 g/mol. The monoisotopic (exact) mass is 341 g/mol. The predicted molar refractivity (Wildman–Crippen MR) is 97.7 cm³/mol. The van der Waals surface area contributed by atoms with E-state index in [0.29, 0.717) is 12.1 Å². The van der Waals surface area contributed by atoms with Crippen LogP contribution in [0.5, 0.6) is 0 Å². The quantitative estimate of drug-likeness (QED) is 0.644. The van der Waals surface area contributed by atoms with E-state index < -0.39 is 12.0 Å². The number of carbonyl (C=O) groups is 2. The summed E-state index contributed by atoms with van der Waals surface area (Å²) in [5, 5.41) is 19.5. The summed E-state index contributed by atoms with van der Waals surface area (Å²) in [5.74, 6) is -1.47. The van der Waals surface area contributed by atoms with Gasteiger partial charge in [0.25, 0.3) is 0 Å². The smallest absolute Gasteiger partial charge is 0.328 e. The van der Waals surface area contributed by atoms with Crippen molar-refractivity contribution in [3.05, 3.63) is 53.3 Å². The first kappa shape index (κ1) is 18.6. The van der Waals surface area contributed by atoms with Crippen LogP contribution < -0.4 is 0 Å². The molecule has 1 unspecified atom stereocenters. The zero-order valence-electron chi connectivity index (χ0n) is 14.7. The fourth-order valence-electron chi connectivity index (χ4n) is 2.80. The second kappa shape index (κ2) is 7.47. The van der Waals surface area contributed by atoms with E-state index in [0.717, 1.165) is 5.56 Å². The molecule has 0 amide bonds. The lowest BCUT2D eigenvalue weighted by atomic mass is 9.73. The van der Waals surface area contributed by atoms with Gasteiger partial charge in [0.05, 0.1) is 11.3 Å². The third-order valence-corrected chi connectivity index (χ3v) is 4.05. The highest BCUT2D eigenvalue weighted by molar-refractivity contribution is 6.25. The lowest BCUT2D eigenvalue weighted by molar-refractivity contribution is -0.138. The Labute approximate surface area is 147 Å². The summed E-state index contributed by atoms with van der Waals surface area (Å²) in [4.78, 5) is 27.8. The molecule has 0 aromatic heterocycles. The van der Waals surface area contributed by atoms with E-state index in [9.17, 15) is 14.7 Å². The fraction of sp³-hybridized carbons (Fsp3) is 0.350. The summed E-state index contributed by atoms with van der Waals surface area (Å²) in [6.07, 6.45) is 3.89. The molecule has 1 aliphatic carbocycles. The first-order chi connectivity index (χ1) is 11.7. The number of rotatable bonds is 4. The van der Waals surface area contributed by atoms with E-state index in [1.54, 1.807) is 6.08 Å². The van der Waals surface area contributed by atoms with Crippen molar-refractivity contribution in [2.75, 3.05) is 0 Å². The summed E-state index contributed by atoms with van der Waals surface area (Å²) in [6, 6.07) is 8.42. The average Bonchev–Trinajstić information content (AvgIpc) is 2.52. The number of ketones is 1. The minimum absolute atomic E-state index is 0.125. The Morgan fingerprint density at radius 3 is 2.44 bits per heavy atom. The number of allylic oxidation sites excluding steroid dienone is 2. The molecular weight excluding hydrogens is 318 g/mol. The minimum Gasteiger partial charge on any atom is -0.507 e. The normalized spacial score (nSPS) is 22.2. The van der Waals surface area contributed by atoms with Crippen molar-refractivity contribution >= 4 is 23.5 Å². The van der Waals surface area contributed by atoms with E-state index in [2.05, 4.69) is 4.99 Å². The molecule has 1 fully saturated rings. The van der Waals surface area contributed by atoms with Gasteiger partial charge in [-0.2, -0.15) is 0 Å². The number of aliphatic carboxylic acids is 1. The zero-order valence-corrected chi connectivity index (χ0v) is 14.7. The van der Waals surface area contributed by atoms with Crippen LogP contribution in [0.1, 0.15) is 39.2 Å². The van der Waals surface area contributed by atoms with Crippen LogP contribution in [0.25, 0.3) is 6.08 Å². The van der Waals surface area contributed by atoms with Gasteiger partial charge in [0, 0.05) is 6.42 Å². The van der Waals surface area contributed by atoms with E-state index >= 15 is 0 Å². The molecule has 2 N–H and O–H groups in total. The predicted octanol–water partition coefficient (Wildman–Crippen LogP) is 3.82. The first-order valence-electron chi connectivity index (χ1n) is 8.19. The van der Waals surface area contributed by atoms with Crippen molar-refractivity contribution in [2.45, 2.75) is 39.7 Å². The second-order valence-corrected chi connectivity index (χ2v) is 7.04. The number of carboxylic acids is 1. The topological polar surface area (TPSA) is 87.0 Å². The van der Waals surface area contributed by atoms with Gasteiger partial charge >= 0.3 is 5.97 Å². The molecule has 1 aromatic rings. The van der Waals surface area contributed by atoms with Crippen LogP contribution in [-0.2, 0) is 9.59 Å². The SMILES string of the molecule is CC(N=C1CC(C)(C)CC(=O)/C1=C(/O)C=Cc1ccccc1)C(=O)O. The van der Waals surface area contributed by atoms with Crippen molar-refractivity contribution in [1.29, 1.82) is 0 Å². The molecule has 5 nitrogen and oxygen atoms in total. The highest BCUT2D eigenvalue weighted by atomic mass is 16.4. The van der Waals surface area contributed by atoms with Crippen molar-refractivity contribution < 1.29 is 19.8 Å². The van der Waals surface area contributed by atoms with Gasteiger partial charge in [-0.3, -0.25) is 9.79 Å². The van der Waals surface area contributed by atoms with Gasteiger partial charge in [0.15, 0.2) is 5.78 Å². The minimum atomic E-state index is -1.07. The lowest BCUT2D eigenvalue weighted by Crippen LogP contribution is -2.33. The maximum absolute atomic E-state index is 12.5. The Hall–Kier alpha value is -2.69. The third kappa shape index (κ3) is 4.89. The number of Topliss-reactive ketones (excluding diaryl/α,β-unsaturated/α-hetero) is 1.